The van der Waals surface area contributed by atoms with Crippen molar-refractivity contribution in [2.24, 2.45) is 0 Å². The predicted octanol–water partition coefficient (Wildman–Crippen LogP) is 3.37. The minimum atomic E-state index is 1.24. The average Bonchev–Trinajstić information content (AvgIpc) is 1.93. The minimum Gasteiger partial charge on any atom is -0.0587 e. The van der Waals surface area contributed by atoms with Crippen LogP contribution in [0.1, 0.15) is 16.7 Å². The Balaban J connectivity index is 3.34. The summed E-state index contributed by atoms with van der Waals surface area (Å²) < 4.78 is 1.24. The van der Waals surface area contributed by atoms with Crippen LogP contribution >= 0.6 is 15.9 Å². The highest BCUT2D eigenvalue weighted by molar-refractivity contribution is 9.10. The van der Waals surface area contributed by atoms with E-state index < -0.39 is 0 Å². The van der Waals surface area contributed by atoms with Crippen molar-refractivity contribution in [3.63, 3.8) is 0 Å². The summed E-state index contributed by atoms with van der Waals surface area (Å²) in [4.78, 5) is 0. The van der Waals surface area contributed by atoms with Gasteiger partial charge in [0.15, 0.2) is 0 Å². The van der Waals surface area contributed by atoms with Crippen molar-refractivity contribution in [3.8, 4) is 0 Å². The van der Waals surface area contributed by atoms with Crippen molar-refractivity contribution in [2.75, 3.05) is 0 Å². The van der Waals surface area contributed by atoms with Crippen LogP contribution in [-0.2, 0) is 0 Å². The van der Waals surface area contributed by atoms with Gasteiger partial charge >= 0.3 is 0 Å². The number of halogens is 1. The van der Waals surface area contributed by atoms with Crippen molar-refractivity contribution in [3.05, 3.63) is 33.3 Å². The first kappa shape index (κ1) is 7.80. The third kappa shape index (κ3) is 1.24. The molecule has 0 radical (unpaired) electrons. The van der Waals surface area contributed by atoms with Gasteiger partial charge in [-0.25, -0.2) is 0 Å². The summed E-state index contributed by atoms with van der Waals surface area (Å²) in [5, 5.41) is 0. The van der Waals surface area contributed by atoms with Crippen molar-refractivity contribution < 1.29 is 0 Å². The second-order valence-corrected chi connectivity index (χ2v) is 3.43. The van der Waals surface area contributed by atoms with Crippen molar-refractivity contribution in [1.29, 1.82) is 0 Å². The highest BCUT2D eigenvalue weighted by atomic mass is 79.9. The number of hydrogen-bond donors (Lipinski definition) is 0. The van der Waals surface area contributed by atoms with Crippen LogP contribution in [0.2, 0.25) is 0 Å². The molecule has 0 amide bonds. The summed E-state index contributed by atoms with van der Waals surface area (Å²) >= 11 is 3.53. The molecule has 54 valence electrons. The van der Waals surface area contributed by atoms with Crippen LogP contribution in [0.5, 0.6) is 0 Å². The predicted molar refractivity (Wildman–Crippen MR) is 48.4 cm³/mol. The van der Waals surface area contributed by atoms with Crippen LogP contribution in [-0.4, -0.2) is 0 Å². The van der Waals surface area contributed by atoms with E-state index >= 15 is 0 Å². The molecule has 0 saturated heterocycles. The van der Waals surface area contributed by atoms with Gasteiger partial charge in [0.1, 0.15) is 0 Å². The molecule has 1 aromatic rings. The maximum atomic E-state index is 3.53. The van der Waals surface area contributed by atoms with Gasteiger partial charge < -0.3 is 0 Å². The first-order valence-electron chi connectivity index (χ1n) is 3.35. The van der Waals surface area contributed by atoms with Crippen molar-refractivity contribution in [2.45, 2.75) is 20.8 Å². The molecule has 0 atom stereocenters. The van der Waals surface area contributed by atoms with E-state index in [4.69, 9.17) is 0 Å². The molecule has 0 aliphatic heterocycles. The standard InChI is InChI=1S/C9H11Br/c1-6-4-5-7(2)9(10)8(6)3/h4-5H,1-3H3. The molecule has 0 fully saturated rings. The number of rotatable bonds is 0. The van der Waals surface area contributed by atoms with Gasteiger partial charge in [0, 0.05) is 4.47 Å². The second kappa shape index (κ2) is 2.75. The van der Waals surface area contributed by atoms with Crippen molar-refractivity contribution in [1.82, 2.24) is 0 Å². The van der Waals surface area contributed by atoms with Gasteiger partial charge in [-0.3, -0.25) is 0 Å². The number of benzene rings is 1. The fraction of sp³-hybridized carbons (Fsp3) is 0.333. The Morgan fingerprint density at radius 2 is 1.50 bits per heavy atom. The van der Waals surface area contributed by atoms with Gasteiger partial charge in [-0.2, -0.15) is 0 Å². The first-order valence-corrected chi connectivity index (χ1v) is 4.14. The second-order valence-electron chi connectivity index (χ2n) is 2.64. The topological polar surface area (TPSA) is 0 Å². The van der Waals surface area contributed by atoms with E-state index in [-0.39, 0.29) is 0 Å². The maximum Gasteiger partial charge on any atom is 0.0236 e. The lowest BCUT2D eigenvalue weighted by Gasteiger charge is -2.04. The average molecular weight is 199 g/mol. The molecule has 0 aliphatic carbocycles. The van der Waals surface area contributed by atoms with E-state index in [0.717, 1.165) is 0 Å². The zero-order chi connectivity index (χ0) is 7.72. The molecule has 1 heteroatoms. The van der Waals surface area contributed by atoms with Gasteiger partial charge in [-0.15, -0.1) is 0 Å². The Bertz CT molecular complexity index is 224. The van der Waals surface area contributed by atoms with E-state index in [1.165, 1.54) is 21.2 Å². The molecule has 1 rings (SSSR count). The monoisotopic (exact) mass is 198 g/mol. The van der Waals surface area contributed by atoms with Gasteiger partial charge in [-0.1, -0.05) is 28.1 Å². The lowest BCUT2D eigenvalue weighted by Crippen LogP contribution is -1.84. The number of aryl methyl sites for hydroxylation is 2. The Morgan fingerprint density at radius 3 is 2.00 bits per heavy atom. The lowest BCUT2D eigenvalue weighted by molar-refractivity contribution is 1.27. The molecule has 0 bridgehead atoms. The molecular weight excluding hydrogens is 188 g/mol. The SMILES string of the molecule is Cc1ccc(C)c(Br)c1C. The van der Waals surface area contributed by atoms with Crippen LogP contribution in [0.4, 0.5) is 0 Å². The van der Waals surface area contributed by atoms with E-state index in [0.29, 0.717) is 0 Å². The largest absolute Gasteiger partial charge is 0.0587 e. The molecule has 0 N–H and O–H groups in total. The maximum absolute atomic E-state index is 3.53. The van der Waals surface area contributed by atoms with Crippen LogP contribution in [0.3, 0.4) is 0 Å². The molecular formula is C9H11Br. The summed E-state index contributed by atoms with van der Waals surface area (Å²) in [6, 6.07) is 4.28. The number of hydrogen-bond acceptors (Lipinski definition) is 0. The Labute approximate surface area is 70.4 Å². The van der Waals surface area contributed by atoms with E-state index in [1.807, 2.05) is 0 Å². The summed E-state index contributed by atoms with van der Waals surface area (Å²) in [6.07, 6.45) is 0. The molecule has 0 spiro atoms. The van der Waals surface area contributed by atoms with Gasteiger partial charge in [0.05, 0.1) is 0 Å². The third-order valence-corrected chi connectivity index (χ3v) is 3.07. The highest BCUT2D eigenvalue weighted by Gasteiger charge is 1.99. The van der Waals surface area contributed by atoms with Crippen LogP contribution < -0.4 is 0 Å². The zero-order valence-electron chi connectivity index (χ0n) is 6.53. The van der Waals surface area contributed by atoms with E-state index in [9.17, 15) is 0 Å². The molecule has 0 aliphatic rings. The summed E-state index contributed by atoms with van der Waals surface area (Å²) in [5.41, 5.74) is 4.00. The molecule has 0 nitrogen and oxygen atoms in total. The van der Waals surface area contributed by atoms with Crippen LogP contribution in [0, 0.1) is 20.8 Å². The molecule has 0 unspecified atom stereocenters. The lowest BCUT2D eigenvalue weighted by atomic mass is 10.1. The quantitative estimate of drug-likeness (QED) is 0.600. The van der Waals surface area contributed by atoms with Crippen LogP contribution in [0.15, 0.2) is 16.6 Å². The third-order valence-electron chi connectivity index (χ3n) is 1.85. The highest BCUT2D eigenvalue weighted by Crippen LogP contribution is 2.22. The molecule has 0 aromatic heterocycles. The summed E-state index contributed by atoms with van der Waals surface area (Å²) in [6.45, 7) is 6.36. The van der Waals surface area contributed by atoms with Gasteiger partial charge in [0.2, 0.25) is 0 Å². The van der Waals surface area contributed by atoms with E-state index in [2.05, 4.69) is 48.8 Å². The Kier molecular flexibility index (Phi) is 2.14. The summed E-state index contributed by atoms with van der Waals surface area (Å²) in [7, 11) is 0. The molecule has 1 aromatic carbocycles. The molecule has 10 heavy (non-hydrogen) atoms. The Hall–Kier alpha value is -0.300. The van der Waals surface area contributed by atoms with E-state index in [1.54, 1.807) is 0 Å². The van der Waals surface area contributed by atoms with Gasteiger partial charge in [-0.05, 0) is 37.5 Å². The van der Waals surface area contributed by atoms with Crippen molar-refractivity contribution >= 4 is 15.9 Å². The zero-order valence-corrected chi connectivity index (χ0v) is 8.12. The molecule has 0 heterocycles. The summed E-state index contributed by atoms with van der Waals surface area (Å²) in [5.74, 6) is 0. The smallest absolute Gasteiger partial charge is 0.0236 e. The first-order chi connectivity index (χ1) is 4.63. The minimum absolute atomic E-state index is 1.24. The molecule has 0 saturated carbocycles. The Morgan fingerprint density at radius 1 is 1.00 bits per heavy atom. The van der Waals surface area contributed by atoms with Gasteiger partial charge in [0.25, 0.3) is 0 Å². The van der Waals surface area contributed by atoms with Crippen LogP contribution in [0.25, 0.3) is 0 Å². The normalized spacial score (nSPS) is 10.0. The fourth-order valence-electron chi connectivity index (χ4n) is 0.917. The fourth-order valence-corrected chi connectivity index (χ4v) is 1.36.